The van der Waals surface area contributed by atoms with Gasteiger partial charge in [0.2, 0.25) is 0 Å². The van der Waals surface area contributed by atoms with Gasteiger partial charge in [0.15, 0.2) is 0 Å². The molecule has 76 valence electrons. The van der Waals surface area contributed by atoms with Gasteiger partial charge < -0.3 is 14.9 Å². The van der Waals surface area contributed by atoms with Crippen LogP contribution in [-0.4, -0.2) is 59.7 Å². The molecule has 0 saturated carbocycles. The fourth-order valence-corrected chi connectivity index (χ4v) is 2.23. The van der Waals surface area contributed by atoms with Crippen LogP contribution in [0.4, 0.5) is 0 Å². The quantitative estimate of drug-likeness (QED) is 0.607. The van der Waals surface area contributed by atoms with Crippen LogP contribution in [0.3, 0.4) is 0 Å². The zero-order valence-corrected chi connectivity index (χ0v) is 7.72. The number of morpholine rings is 1. The number of hydrogen-bond acceptors (Lipinski definition) is 4. The number of ether oxygens (including phenoxy) is 1. The van der Waals surface area contributed by atoms with Crippen LogP contribution in [0.25, 0.3) is 0 Å². The molecule has 2 heterocycles. The lowest BCUT2D eigenvalue weighted by Gasteiger charge is -2.36. The second-order valence-corrected chi connectivity index (χ2v) is 3.93. The molecule has 0 amide bonds. The largest absolute Gasteiger partial charge is 0.395 e. The first-order valence-corrected chi connectivity index (χ1v) is 4.94. The molecule has 2 aliphatic heterocycles. The minimum Gasteiger partial charge on any atom is -0.395 e. The normalized spacial score (nSPS) is 34.4. The number of aliphatic hydroxyl groups is 2. The van der Waals surface area contributed by atoms with Gasteiger partial charge in [0.05, 0.1) is 31.5 Å². The van der Waals surface area contributed by atoms with E-state index >= 15 is 0 Å². The Kier molecular flexibility index (Phi) is 2.83. The molecular weight excluding hydrogens is 170 g/mol. The standard InChI is InChI=1S/C9H17NO3/c11-5-7(6-12)10-3-8-1-2-9(4-10)13-8/h7-9,11-12H,1-6H2/t8-,9+. The smallest absolute Gasteiger partial charge is 0.0707 e. The maximum absolute atomic E-state index is 9.03. The Morgan fingerprint density at radius 1 is 1.15 bits per heavy atom. The minimum absolute atomic E-state index is 0.0376. The monoisotopic (exact) mass is 187 g/mol. The van der Waals surface area contributed by atoms with Gasteiger partial charge in [-0.1, -0.05) is 0 Å². The van der Waals surface area contributed by atoms with E-state index in [0.29, 0.717) is 12.2 Å². The van der Waals surface area contributed by atoms with Crippen molar-refractivity contribution in [3.8, 4) is 0 Å². The van der Waals surface area contributed by atoms with E-state index in [0.717, 1.165) is 25.9 Å². The molecule has 0 aromatic carbocycles. The molecule has 2 rings (SSSR count). The Morgan fingerprint density at radius 2 is 1.69 bits per heavy atom. The van der Waals surface area contributed by atoms with E-state index in [4.69, 9.17) is 14.9 Å². The first-order valence-electron chi connectivity index (χ1n) is 4.94. The lowest BCUT2D eigenvalue weighted by atomic mass is 10.2. The van der Waals surface area contributed by atoms with Crippen molar-refractivity contribution in [3.63, 3.8) is 0 Å². The molecule has 0 spiro atoms. The van der Waals surface area contributed by atoms with Crippen LogP contribution in [0, 0.1) is 0 Å². The zero-order valence-electron chi connectivity index (χ0n) is 7.72. The van der Waals surface area contributed by atoms with Gasteiger partial charge in [-0.05, 0) is 12.8 Å². The fraction of sp³-hybridized carbons (Fsp3) is 1.00. The Labute approximate surface area is 78.1 Å². The molecule has 4 nitrogen and oxygen atoms in total. The van der Waals surface area contributed by atoms with E-state index in [1.54, 1.807) is 0 Å². The summed E-state index contributed by atoms with van der Waals surface area (Å²) >= 11 is 0. The molecule has 0 aromatic heterocycles. The highest BCUT2D eigenvalue weighted by Crippen LogP contribution is 2.27. The Balaban J connectivity index is 1.93. The number of rotatable bonds is 3. The van der Waals surface area contributed by atoms with Crippen LogP contribution < -0.4 is 0 Å². The molecule has 0 radical (unpaired) electrons. The third-order valence-electron chi connectivity index (χ3n) is 3.01. The van der Waals surface area contributed by atoms with E-state index in [1.807, 2.05) is 0 Å². The van der Waals surface area contributed by atoms with Crippen LogP contribution in [0.5, 0.6) is 0 Å². The van der Waals surface area contributed by atoms with Crippen LogP contribution in [0.2, 0.25) is 0 Å². The minimum atomic E-state index is -0.0907. The number of nitrogens with zero attached hydrogens (tertiary/aromatic N) is 1. The van der Waals surface area contributed by atoms with Crippen molar-refractivity contribution >= 4 is 0 Å². The molecule has 4 heteroatoms. The Morgan fingerprint density at radius 3 is 2.15 bits per heavy atom. The van der Waals surface area contributed by atoms with Gasteiger partial charge in [0.1, 0.15) is 0 Å². The van der Waals surface area contributed by atoms with Gasteiger partial charge in [-0.15, -0.1) is 0 Å². The van der Waals surface area contributed by atoms with Crippen LogP contribution in [-0.2, 0) is 4.74 Å². The Hall–Kier alpha value is -0.160. The summed E-state index contributed by atoms with van der Waals surface area (Å²) in [7, 11) is 0. The third-order valence-corrected chi connectivity index (χ3v) is 3.01. The molecule has 0 unspecified atom stereocenters. The average Bonchev–Trinajstić information content (AvgIpc) is 2.48. The topological polar surface area (TPSA) is 52.9 Å². The SMILES string of the molecule is OCC(CO)N1C[C@H]2CC[C@@H](C1)O2. The number of fused-ring (bicyclic) bond motifs is 2. The van der Waals surface area contributed by atoms with Crippen molar-refractivity contribution in [1.82, 2.24) is 4.90 Å². The van der Waals surface area contributed by atoms with E-state index in [1.165, 1.54) is 0 Å². The molecule has 2 bridgehead atoms. The molecule has 2 saturated heterocycles. The molecule has 2 aliphatic rings. The second kappa shape index (κ2) is 3.92. The maximum atomic E-state index is 9.03. The van der Waals surface area contributed by atoms with Crippen LogP contribution in [0.15, 0.2) is 0 Å². The molecule has 0 aromatic rings. The summed E-state index contributed by atoms with van der Waals surface area (Å²) in [4.78, 5) is 2.14. The van der Waals surface area contributed by atoms with E-state index in [2.05, 4.69) is 4.90 Å². The predicted octanol–water partition coefficient (Wildman–Crippen LogP) is -0.797. The summed E-state index contributed by atoms with van der Waals surface area (Å²) in [5.41, 5.74) is 0. The van der Waals surface area contributed by atoms with Crippen molar-refractivity contribution in [2.45, 2.75) is 31.1 Å². The number of hydrogen-bond donors (Lipinski definition) is 2. The van der Waals surface area contributed by atoms with Crippen molar-refractivity contribution in [2.24, 2.45) is 0 Å². The van der Waals surface area contributed by atoms with E-state index < -0.39 is 0 Å². The summed E-state index contributed by atoms with van der Waals surface area (Å²) in [6.07, 6.45) is 2.92. The Bertz CT molecular complexity index is 160. The summed E-state index contributed by atoms with van der Waals surface area (Å²) in [5.74, 6) is 0. The summed E-state index contributed by atoms with van der Waals surface area (Å²) in [6.45, 7) is 1.80. The number of aliphatic hydroxyl groups excluding tert-OH is 2. The van der Waals surface area contributed by atoms with E-state index in [9.17, 15) is 0 Å². The average molecular weight is 187 g/mol. The molecule has 13 heavy (non-hydrogen) atoms. The van der Waals surface area contributed by atoms with Gasteiger partial charge in [-0.2, -0.15) is 0 Å². The van der Waals surface area contributed by atoms with Gasteiger partial charge in [0.25, 0.3) is 0 Å². The first kappa shape index (κ1) is 9.40. The molecule has 2 atom stereocenters. The van der Waals surface area contributed by atoms with Crippen LogP contribution in [0.1, 0.15) is 12.8 Å². The summed E-state index contributed by atoms with van der Waals surface area (Å²) in [5, 5.41) is 18.1. The molecule has 2 fully saturated rings. The first-order chi connectivity index (χ1) is 6.33. The highest BCUT2D eigenvalue weighted by atomic mass is 16.5. The van der Waals surface area contributed by atoms with E-state index in [-0.39, 0.29) is 19.3 Å². The fourth-order valence-electron chi connectivity index (χ4n) is 2.23. The van der Waals surface area contributed by atoms with Crippen LogP contribution >= 0.6 is 0 Å². The highest BCUT2D eigenvalue weighted by molar-refractivity contribution is 4.87. The third kappa shape index (κ3) is 1.86. The number of likely N-dealkylation sites (tertiary alicyclic amines) is 1. The lowest BCUT2D eigenvalue weighted by Crippen LogP contribution is -2.50. The summed E-state index contributed by atoms with van der Waals surface area (Å²) in [6, 6.07) is -0.0907. The molecule has 2 N–H and O–H groups in total. The van der Waals surface area contributed by atoms with Crippen molar-refractivity contribution < 1.29 is 14.9 Å². The van der Waals surface area contributed by atoms with Gasteiger partial charge >= 0.3 is 0 Å². The van der Waals surface area contributed by atoms with Gasteiger partial charge in [-0.25, -0.2) is 0 Å². The molecular formula is C9H17NO3. The van der Waals surface area contributed by atoms with Gasteiger partial charge in [0, 0.05) is 13.1 Å². The second-order valence-electron chi connectivity index (χ2n) is 3.93. The van der Waals surface area contributed by atoms with Gasteiger partial charge in [-0.3, -0.25) is 4.90 Å². The van der Waals surface area contributed by atoms with Crippen molar-refractivity contribution in [1.29, 1.82) is 0 Å². The molecule has 0 aliphatic carbocycles. The zero-order chi connectivity index (χ0) is 9.26. The van der Waals surface area contributed by atoms with Crippen molar-refractivity contribution in [2.75, 3.05) is 26.3 Å². The maximum Gasteiger partial charge on any atom is 0.0707 e. The highest BCUT2D eigenvalue weighted by Gasteiger charge is 2.35. The summed E-state index contributed by atoms with van der Waals surface area (Å²) < 4.78 is 5.66. The predicted molar refractivity (Wildman–Crippen MR) is 47.4 cm³/mol. The lowest BCUT2D eigenvalue weighted by molar-refractivity contribution is -0.0672. The van der Waals surface area contributed by atoms with Crippen molar-refractivity contribution in [3.05, 3.63) is 0 Å².